The fourth-order valence-corrected chi connectivity index (χ4v) is 4.04. The van der Waals surface area contributed by atoms with Crippen LogP contribution in [-0.2, 0) is 11.3 Å². The van der Waals surface area contributed by atoms with Gasteiger partial charge < -0.3 is 10.4 Å². The van der Waals surface area contributed by atoms with Crippen molar-refractivity contribution in [3.05, 3.63) is 58.6 Å². The minimum absolute atomic E-state index is 0.0256. The summed E-state index contributed by atoms with van der Waals surface area (Å²) in [4.78, 5) is 25.2. The molecule has 0 atom stereocenters. The van der Waals surface area contributed by atoms with Gasteiger partial charge in [0.05, 0.1) is 5.02 Å². The molecule has 0 spiro atoms. The third-order valence-electron chi connectivity index (χ3n) is 6.29. The molecule has 3 aromatic rings. The van der Waals surface area contributed by atoms with E-state index in [0.29, 0.717) is 22.1 Å². The molecule has 0 fully saturated rings. The summed E-state index contributed by atoms with van der Waals surface area (Å²) in [5.41, 5.74) is 1.13. The van der Waals surface area contributed by atoms with E-state index in [1.807, 2.05) is 24.3 Å². The predicted molar refractivity (Wildman–Crippen MR) is 132 cm³/mol. The van der Waals surface area contributed by atoms with E-state index < -0.39 is 23.8 Å². The Kier molecular flexibility index (Phi) is 8.38. The van der Waals surface area contributed by atoms with Crippen LogP contribution in [0.1, 0.15) is 57.6 Å². The molecule has 0 bridgehead atoms. The number of carbonyl (C=O) groups is 1. The van der Waals surface area contributed by atoms with Gasteiger partial charge >= 0.3 is 6.01 Å². The molecule has 0 unspecified atom stereocenters. The molecule has 1 amide bonds. The molecule has 0 aliphatic rings. The number of aromatic hydroxyl groups is 1. The summed E-state index contributed by atoms with van der Waals surface area (Å²) in [7, 11) is 0. The first kappa shape index (κ1) is 26.5. The summed E-state index contributed by atoms with van der Waals surface area (Å²) >= 11 is 6.40. The highest BCUT2D eigenvalue weighted by atomic mass is 35.5. The summed E-state index contributed by atoms with van der Waals surface area (Å²) in [6.07, 6.45) is -2.70. The molecule has 0 radical (unpaired) electrons. The van der Waals surface area contributed by atoms with Crippen LogP contribution in [0.4, 0.5) is 8.78 Å². The van der Waals surface area contributed by atoms with Crippen molar-refractivity contribution in [3.8, 4) is 28.8 Å². The Labute approximate surface area is 208 Å². The summed E-state index contributed by atoms with van der Waals surface area (Å²) in [6.45, 7) is 7.34. The van der Waals surface area contributed by atoms with Crippen LogP contribution in [0.2, 0.25) is 5.02 Å². The van der Waals surface area contributed by atoms with E-state index in [1.165, 1.54) is 0 Å². The Morgan fingerprint density at radius 1 is 1.06 bits per heavy atom. The van der Waals surface area contributed by atoms with E-state index in [2.05, 4.69) is 34.1 Å². The average Bonchev–Trinajstić information content (AvgIpc) is 2.84. The number of hydrogen-bond acceptors (Lipinski definition) is 5. The third kappa shape index (κ3) is 5.75. The lowest BCUT2D eigenvalue weighted by molar-refractivity contribution is -0.142. The Balaban J connectivity index is 1.92. The summed E-state index contributed by atoms with van der Waals surface area (Å²) in [5.74, 6) is 0.0524. The number of amides is 1. The van der Waals surface area contributed by atoms with Gasteiger partial charge in [0.15, 0.2) is 11.6 Å². The standard InChI is InChI=1S/C26H29ClF2N4O2/c1-5-26(6-2,23(28)29)24(34)30-14-16-10-11-20(27)19(12-16)22-31-21(32-25(35)33-22)18-9-7-8-17(13-18)15(3)4/h7-13,15,23H,5-6,14H2,1-4H3,(H,30,34)(H,31,32,33,35). The average molecular weight is 503 g/mol. The fraction of sp³-hybridized carbons (Fsp3) is 0.385. The normalized spacial score (nSPS) is 11.8. The Hall–Kier alpha value is -3.13. The second-order valence-electron chi connectivity index (χ2n) is 8.72. The molecule has 2 aromatic carbocycles. The van der Waals surface area contributed by atoms with Crippen LogP contribution in [0.15, 0.2) is 42.5 Å². The number of nitrogens with zero attached hydrogens (tertiary/aromatic N) is 3. The van der Waals surface area contributed by atoms with Crippen molar-refractivity contribution in [2.75, 3.05) is 0 Å². The molecular weight excluding hydrogens is 474 g/mol. The molecular formula is C26H29ClF2N4O2. The highest BCUT2D eigenvalue weighted by Crippen LogP contribution is 2.34. The highest BCUT2D eigenvalue weighted by molar-refractivity contribution is 6.33. The minimum atomic E-state index is -2.76. The monoisotopic (exact) mass is 502 g/mol. The Bertz CT molecular complexity index is 1200. The van der Waals surface area contributed by atoms with Crippen molar-refractivity contribution in [2.45, 2.75) is 59.4 Å². The molecule has 0 saturated heterocycles. The van der Waals surface area contributed by atoms with Crippen molar-refractivity contribution >= 4 is 17.5 Å². The van der Waals surface area contributed by atoms with Crippen LogP contribution in [0.5, 0.6) is 6.01 Å². The highest BCUT2D eigenvalue weighted by Gasteiger charge is 2.43. The van der Waals surface area contributed by atoms with Gasteiger partial charge in [-0.2, -0.15) is 9.97 Å². The molecule has 186 valence electrons. The van der Waals surface area contributed by atoms with Gasteiger partial charge in [0.1, 0.15) is 5.41 Å². The van der Waals surface area contributed by atoms with Gasteiger partial charge in [-0.05, 0) is 48.1 Å². The first-order chi connectivity index (χ1) is 16.6. The van der Waals surface area contributed by atoms with Crippen LogP contribution >= 0.6 is 11.6 Å². The van der Waals surface area contributed by atoms with E-state index in [4.69, 9.17) is 11.6 Å². The van der Waals surface area contributed by atoms with Gasteiger partial charge in [-0.15, -0.1) is 0 Å². The smallest absolute Gasteiger partial charge is 0.318 e. The molecule has 3 rings (SSSR count). The number of nitrogens with one attached hydrogen (secondary N) is 1. The maximum absolute atomic E-state index is 13.6. The van der Waals surface area contributed by atoms with Crippen molar-refractivity contribution in [1.82, 2.24) is 20.3 Å². The Morgan fingerprint density at radius 3 is 2.37 bits per heavy atom. The van der Waals surface area contributed by atoms with Crippen LogP contribution in [0.3, 0.4) is 0 Å². The van der Waals surface area contributed by atoms with Gasteiger partial charge in [-0.25, -0.2) is 13.8 Å². The van der Waals surface area contributed by atoms with Gasteiger partial charge in [0.2, 0.25) is 5.91 Å². The molecule has 1 heterocycles. The van der Waals surface area contributed by atoms with Crippen molar-refractivity contribution < 1.29 is 18.7 Å². The number of carbonyl (C=O) groups excluding carboxylic acids is 1. The molecule has 0 saturated carbocycles. The quantitative estimate of drug-likeness (QED) is 0.354. The van der Waals surface area contributed by atoms with E-state index in [0.717, 1.165) is 11.1 Å². The van der Waals surface area contributed by atoms with E-state index >= 15 is 0 Å². The van der Waals surface area contributed by atoms with Gasteiger partial charge in [0.25, 0.3) is 6.43 Å². The summed E-state index contributed by atoms with van der Waals surface area (Å²) < 4.78 is 27.3. The number of aromatic nitrogens is 3. The Morgan fingerprint density at radius 2 is 1.74 bits per heavy atom. The molecule has 0 aliphatic heterocycles. The molecule has 1 aromatic heterocycles. The number of halogens is 3. The van der Waals surface area contributed by atoms with Crippen molar-refractivity contribution in [1.29, 1.82) is 0 Å². The fourth-order valence-electron chi connectivity index (χ4n) is 3.84. The number of alkyl halides is 2. The molecule has 0 aliphatic carbocycles. The first-order valence-electron chi connectivity index (χ1n) is 11.5. The second kappa shape index (κ2) is 11.1. The maximum atomic E-state index is 13.6. The zero-order valence-electron chi connectivity index (χ0n) is 20.1. The molecule has 2 N–H and O–H groups in total. The first-order valence-corrected chi connectivity index (χ1v) is 11.9. The largest absolute Gasteiger partial charge is 0.479 e. The molecule has 6 nitrogen and oxygen atoms in total. The van der Waals surface area contributed by atoms with Crippen LogP contribution in [0.25, 0.3) is 22.8 Å². The summed E-state index contributed by atoms with van der Waals surface area (Å²) in [5, 5.41) is 13.1. The SMILES string of the molecule is CCC(CC)(C(=O)NCc1ccc(Cl)c(-c2nc(O)nc(-c3cccc(C(C)C)c3)n2)c1)C(F)F. The van der Waals surface area contributed by atoms with E-state index in [1.54, 1.807) is 32.0 Å². The topological polar surface area (TPSA) is 88.0 Å². The lowest BCUT2D eigenvalue weighted by Gasteiger charge is -2.29. The minimum Gasteiger partial charge on any atom is -0.479 e. The number of hydrogen-bond donors (Lipinski definition) is 2. The zero-order chi connectivity index (χ0) is 25.8. The van der Waals surface area contributed by atoms with Crippen molar-refractivity contribution in [3.63, 3.8) is 0 Å². The van der Waals surface area contributed by atoms with Crippen LogP contribution in [0, 0.1) is 5.41 Å². The summed E-state index contributed by atoms with van der Waals surface area (Å²) in [6, 6.07) is 12.2. The van der Waals surface area contributed by atoms with Gasteiger partial charge in [0, 0.05) is 17.7 Å². The third-order valence-corrected chi connectivity index (χ3v) is 6.62. The maximum Gasteiger partial charge on any atom is 0.318 e. The number of rotatable bonds is 9. The predicted octanol–water partition coefficient (Wildman–Crippen LogP) is 6.38. The van der Waals surface area contributed by atoms with Crippen LogP contribution in [-0.4, -0.2) is 32.4 Å². The van der Waals surface area contributed by atoms with E-state index in [9.17, 15) is 18.7 Å². The second-order valence-corrected chi connectivity index (χ2v) is 9.13. The zero-order valence-corrected chi connectivity index (χ0v) is 20.9. The lowest BCUT2D eigenvalue weighted by atomic mass is 9.81. The number of benzene rings is 2. The molecule has 9 heteroatoms. The van der Waals surface area contributed by atoms with E-state index in [-0.39, 0.29) is 31.0 Å². The molecule has 35 heavy (non-hydrogen) atoms. The lowest BCUT2D eigenvalue weighted by Crippen LogP contribution is -2.44. The van der Waals surface area contributed by atoms with Gasteiger partial charge in [-0.3, -0.25) is 4.79 Å². The van der Waals surface area contributed by atoms with Gasteiger partial charge in [-0.1, -0.05) is 63.6 Å². The van der Waals surface area contributed by atoms with Crippen LogP contribution < -0.4 is 5.32 Å². The van der Waals surface area contributed by atoms with Crippen molar-refractivity contribution in [2.24, 2.45) is 5.41 Å².